The van der Waals surface area contributed by atoms with Gasteiger partial charge in [0.2, 0.25) is 5.91 Å². The number of primary amides is 1. The van der Waals surface area contributed by atoms with Crippen molar-refractivity contribution in [1.82, 2.24) is 4.90 Å². The molecule has 2 aliphatic rings. The number of amides is 1. The molecule has 7 nitrogen and oxygen atoms in total. The second kappa shape index (κ2) is 6.56. The van der Waals surface area contributed by atoms with Crippen LogP contribution < -0.4 is 11.5 Å². The third kappa shape index (κ3) is 3.44. The van der Waals surface area contributed by atoms with E-state index in [1.165, 1.54) is 0 Å². The molecule has 1 aliphatic heterocycles. The lowest BCUT2D eigenvalue weighted by Gasteiger charge is -2.31. The van der Waals surface area contributed by atoms with Crippen LogP contribution in [0.3, 0.4) is 0 Å². The van der Waals surface area contributed by atoms with Crippen molar-refractivity contribution in [1.29, 1.82) is 0 Å². The number of nitrogens with two attached hydrogens (primary N) is 2. The Morgan fingerprint density at radius 3 is 2.64 bits per heavy atom. The number of rotatable bonds is 7. The van der Waals surface area contributed by atoms with Gasteiger partial charge in [-0.15, -0.1) is 0 Å². The minimum absolute atomic E-state index is 0.119. The quantitative estimate of drug-likeness (QED) is 0.456. The molecule has 0 aromatic heterocycles. The first-order chi connectivity index (χ1) is 10.2. The first-order valence-corrected chi connectivity index (χ1v) is 7.95. The van der Waals surface area contributed by atoms with Gasteiger partial charge in [-0.3, -0.25) is 14.5 Å². The number of carboxylic acids is 1. The van der Waals surface area contributed by atoms with Crippen molar-refractivity contribution in [2.24, 2.45) is 29.2 Å². The van der Waals surface area contributed by atoms with Crippen LogP contribution in [0.25, 0.3) is 0 Å². The predicted molar refractivity (Wildman–Crippen MR) is 83.2 cm³/mol. The molecule has 1 heterocycles. The number of fused-ring (bicyclic) bond motifs is 1. The maximum absolute atomic E-state index is 11.7. The zero-order valence-electron chi connectivity index (χ0n) is 13.1. The van der Waals surface area contributed by atoms with E-state index in [1.807, 2.05) is 4.90 Å². The van der Waals surface area contributed by atoms with Crippen molar-refractivity contribution in [3.63, 3.8) is 0 Å². The summed E-state index contributed by atoms with van der Waals surface area (Å²) in [6, 6.07) is 0. The summed E-state index contributed by atoms with van der Waals surface area (Å²) in [5.74, 6) is -1.02. The van der Waals surface area contributed by atoms with Crippen molar-refractivity contribution in [3.05, 3.63) is 0 Å². The summed E-state index contributed by atoms with van der Waals surface area (Å²) in [6.45, 7) is 2.93. The van der Waals surface area contributed by atoms with E-state index in [-0.39, 0.29) is 37.1 Å². The Morgan fingerprint density at radius 2 is 2.09 bits per heavy atom. The van der Waals surface area contributed by atoms with Gasteiger partial charge in [-0.2, -0.15) is 0 Å². The Bertz CT molecular complexity index is 448. The van der Waals surface area contributed by atoms with Gasteiger partial charge in [0.15, 0.2) is 0 Å². The fourth-order valence-corrected chi connectivity index (χ4v) is 4.33. The molecule has 0 bridgehead atoms. The van der Waals surface area contributed by atoms with Gasteiger partial charge >= 0.3 is 5.97 Å². The zero-order chi connectivity index (χ0) is 16.5. The van der Waals surface area contributed by atoms with Gasteiger partial charge in [0.05, 0.1) is 6.54 Å². The van der Waals surface area contributed by atoms with Crippen molar-refractivity contribution < 1.29 is 19.7 Å². The van der Waals surface area contributed by atoms with Crippen LogP contribution in [0.1, 0.15) is 19.3 Å². The van der Waals surface area contributed by atoms with Crippen LogP contribution in [0.2, 0.25) is 13.1 Å². The molecular formula is C14H26BN3O4. The van der Waals surface area contributed by atoms with Crippen LogP contribution in [0, 0.1) is 17.8 Å². The molecule has 124 valence electrons. The van der Waals surface area contributed by atoms with E-state index < -0.39 is 11.5 Å². The van der Waals surface area contributed by atoms with E-state index in [9.17, 15) is 19.7 Å². The van der Waals surface area contributed by atoms with E-state index in [1.54, 1.807) is 6.82 Å². The minimum Gasteiger partial charge on any atom is -0.480 e. The number of carbonyl (C=O) groups is 2. The summed E-state index contributed by atoms with van der Waals surface area (Å²) in [5, 5.41) is 18.9. The number of carboxylic acid groups (broad SMARTS) is 1. The maximum atomic E-state index is 11.7. The minimum atomic E-state index is -1.19. The molecule has 0 radical (unpaired) electrons. The lowest BCUT2D eigenvalue weighted by Crippen LogP contribution is -2.53. The molecule has 2 rings (SSSR count). The first-order valence-electron chi connectivity index (χ1n) is 7.95. The van der Waals surface area contributed by atoms with Crippen molar-refractivity contribution in [2.75, 3.05) is 19.6 Å². The number of hydrogen-bond donors (Lipinski definition) is 4. The van der Waals surface area contributed by atoms with E-state index in [0.29, 0.717) is 32.3 Å². The molecule has 4 atom stereocenters. The molecule has 2 fully saturated rings. The van der Waals surface area contributed by atoms with Gasteiger partial charge < -0.3 is 21.6 Å². The number of nitrogens with zero attached hydrogens (tertiary/aromatic N) is 1. The largest absolute Gasteiger partial charge is 0.480 e. The van der Waals surface area contributed by atoms with Gasteiger partial charge in [0, 0.05) is 13.1 Å². The molecule has 0 aromatic carbocycles. The molecule has 1 saturated carbocycles. The van der Waals surface area contributed by atoms with Crippen molar-refractivity contribution >= 4 is 18.8 Å². The molecule has 1 amide bonds. The summed E-state index contributed by atoms with van der Waals surface area (Å²) in [4.78, 5) is 24.7. The van der Waals surface area contributed by atoms with Crippen LogP contribution in [-0.4, -0.2) is 59.0 Å². The smallest absolute Gasteiger partial charge is 0.323 e. The predicted octanol–water partition coefficient (Wildman–Crippen LogP) is -0.784. The van der Waals surface area contributed by atoms with Gasteiger partial charge in [0.1, 0.15) is 5.54 Å². The lowest BCUT2D eigenvalue weighted by atomic mass is 9.65. The average molecular weight is 311 g/mol. The summed E-state index contributed by atoms with van der Waals surface area (Å²) in [6.07, 6.45) is 2.54. The number of carbonyl (C=O) groups excluding carboxylic acids is 1. The van der Waals surface area contributed by atoms with E-state index in [0.717, 1.165) is 6.42 Å². The van der Waals surface area contributed by atoms with E-state index in [2.05, 4.69) is 0 Å². The maximum Gasteiger partial charge on any atom is 0.323 e. The number of aliphatic carboxylic acids is 1. The fourth-order valence-electron chi connectivity index (χ4n) is 4.33. The van der Waals surface area contributed by atoms with Crippen LogP contribution in [0.15, 0.2) is 0 Å². The second-order valence-corrected chi connectivity index (χ2v) is 7.02. The summed E-state index contributed by atoms with van der Waals surface area (Å²) >= 11 is 0. The van der Waals surface area contributed by atoms with Crippen LogP contribution >= 0.6 is 0 Å². The first kappa shape index (κ1) is 17.2. The van der Waals surface area contributed by atoms with Crippen molar-refractivity contribution in [2.45, 2.75) is 37.9 Å². The van der Waals surface area contributed by atoms with Crippen LogP contribution in [-0.2, 0) is 9.59 Å². The molecule has 1 saturated heterocycles. The zero-order valence-corrected chi connectivity index (χ0v) is 13.1. The van der Waals surface area contributed by atoms with Gasteiger partial charge in [0.25, 0.3) is 6.92 Å². The summed E-state index contributed by atoms with van der Waals surface area (Å²) in [7, 11) is 0. The molecular weight excluding hydrogens is 285 g/mol. The Labute approximate surface area is 131 Å². The highest BCUT2D eigenvalue weighted by molar-refractivity contribution is 6.48. The molecule has 1 aliphatic carbocycles. The van der Waals surface area contributed by atoms with Crippen LogP contribution in [0.5, 0.6) is 0 Å². The van der Waals surface area contributed by atoms with Crippen LogP contribution in [0.4, 0.5) is 0 Å². The van der Waals surface area contributed by atoms with E-state index in [4.69, 9.17) is 11.5 Å². The topological polar surface area (TPSA) is 130 Å². The molecule has 4 unspecified atom stereocenters. The average Bonchev–Trinajstić information content (AvgIpc) is 2.85. The summed E-state index contributed by atoms with van der Waals surface area (Å²) < 4.78 is 0. The third-order valence-electron chi connectivity index (χ3n) is 5.26. The highest BCUT2D eigenvalue weighted by atomic mass is 16.4. The van der Waals surface area contributed by atoms with E-state index >= 15 is 0 Å². The summed E-state index contributed by atoms with van der Waals surface area (Å²) in [5.41, 5.74) is 10.3. The van der Waals surface area contributed by atoms with Gasteiger partial charge in [-0.05, 0) is 36.9 Å². The number of likely N-dealkylation sites (tertiary alicyclic amines) is 1. The standard InChI is InChI=1S/C14H26BN3O4/c1-15(22)4-2-3-11-10-7-18(8-12(16)19)6-9(10)5-14(11,17)13(20)21/h9-11,22H,2-8,17H2,1H3,(H2,16,19)(H,20,21). The number of hydrogen-bond acceptors (Lipinski definition) is 5. The van der Waals surface area contributed by atoms with Gasteiger partial charge in [-0.25, -0.2) is 0 Å². The lowest BCUT2D eigenvalue weighted by molar-refractivity contribution is -0.145. The highest BCUT2D eigenvalue weighted by Gasteiger charge is 2.57. The SMILES string of the molecule is CB(O)CCCC1C2CN(CC(N)=O)CC2CC1(N)C(=O)O. The molecule has 6 N–H and O–H groups in total. The molecule has 22 heavy (non-hydrogen) atoms. The fraction of sp³-hybridized carbons (Fsp3) is 0.857. The normalized spacial score (nSPS) is 34.6. The van der Waals surface area contributed by atoms with Crippen molar-refractivity contribution in [3.8, 4) is 0 Å². The molecule has 0 spiro atoms. The molecule has 0 aromatic rings. The Balaban J connectivity index is 2.06. The Hall–Kier alpha value is -1.12. The Kier molecular flexibility index (Phi) is 5.14. The third-order valence-corrected chi connectivity index (χ3v) is 5.26. The monoisotopic (exact) mass is 311 g/mol. The molecule has 8 heteroatoms. The Morgan fingerprint density at radius 1 is 1.41 bits per heavy atom. The second-order valence-electron chi connectivity index (χ2n) is 7.02. The highest BCUT2D eigenvalue weighted by Crippen LogP contribution is 2.49. The van der Waals surface area contributed by atoms with Gasteiger partial charge in [-0.1, -0.05) is 13.2 Å².